The molecule has 1 spiro atoms. The number of rotatable bonds is 4. The highest BCUT2D eigenvalue weighted by Gasteiger charge is 2.38. The SMILES string of the molecule is Cn1nc(NC(=O)c2ccc(N3CCC4(CCCO4)CC3)nc2)cc1-c1nc2ccccc2[nH]1. The molecular formula is C25H27N7O2. The van der Waals surface area contributed by atoms with Crippen molar-refractivity contribution in [3.63, 3.8) is 0 Å². The van der Waals surface area contributed by atoms with Gasteiger partial charge in [-0.3, -0.25) is 9.48 Å². The van der Waals surface area contributed by atoms with Crippen LogP contribution in [0.2, 0.25) is 0 Å². The summed E-state index contributed by atoms with van der Waals surface area (Å²) in [5, 5.41) is 7.30. The third-order valence-corrected chi connectivity index (χ3v) is 6.95. The predicted octanol–water partition coefficient (Wildman–Crippen LogP) is 3.76. The van der Waals surface area contributed by atoms with Crippen LogP contribution >= 0.6 is 0 Å². The van der Waals surface area contributed by atoms with Gasteiger partial charge in [0.2, 0.25) is 0 Å². The minimum atomic E-state index is -0.245. The lowest BCUT2D eigenvalue weighted by Crippen LogP contribution is -2.44. The number of benzene rings is 1. The number of carbonyl (C=O) groups is 1. The summed E-state index contributed by atoms with van der Waals surface area (Å²) in [5.74, 6) is 1.82. The normalized spacial score (nSPS) is 17.5. The number of aromatic nitrogens is 5. The van der Waals surface area contributed by atoms with E-state index in [9.17, 15) is 4.79 Å². The fourth-order valence-corrected chi connectivity index (χ4v) is 5.01. The van der Waals surface area contributed by atoms with Crippen molar-refractivity contribution >= 4 is 28.6 Å². The molecule has 0 bridgehead atoms. The molecule has 0 radical (unpaired) electrons. The second-order valence-electron chi connectivity index (χ2n) is 9.12. The maximum Gasteiger partial charge on any atom is 0.258 e. The molecular weight excluding hydrogens is 430 g/mol. The minimum absolute atomic E-state index is 0.0836. The average Bonchev–Trinajstić information content (AvgIpc) is 3.58. The summed E-state index contributed by atoms with van der Waals surface area (Å²) in [5.41, 5.74) is 3.20. The zero-order valence-corrected chi connectivity index (χ0v) is 19.1. The number of ether oxygens (including phenoxy) is 1. The Balaban J connectivity index is 1.12. The molecule has 1 aromatic carbocycles. The highest BCUT2D eigenvalue weighted by Crippen LogP contribution is 2.36. The lowest BCUT2D eigenvalue weighted by molar-refractivity contribution is -0.0147. The molecule has 5 heterocycles. The van der Waals surface area contributed by atoms with E-state index in [1.807, 2.05) is 49.5 Å². The number of anilines is 2. The summed E-state index contributed by atoms with van der Waals surface area (Å²) in [4.78, 5) is 27.6. The van der Waals surface area contributed by atoms with Crippen molar-refractivity contribution in [2.45, 2.75) is 31.3 Å². The zero-order chi connectivity index (χ0) is 23.1. The standard InChI is InChI=1S/C25H27N7O2/c1-31-20(23-27-18-5-2-3-6-19(18)28-23)15-21(30-31)29-24(33)17-7-8-22(26-16-17)32-12-10-25(11-13-32)9-4-14-34-25/h2-3,5-8,15-16H,4,9-14H2,1H3,(H,27,28)(H,29,30,33). The van der Waals surface area contributed by atoms with E-state index in [-0.39, 0.29) is 11.5 Å². The summed E-state index contributed by atoms with van der Waals surface area (Å²) >= 11 is 0. The number of hydrogen-bond donors (Lipinski definition) is 2. The number of aromatic amines is 1. The maximum absolute atomic E-state index is 12.8. The van der Waals surface area contributed by atoms with E-state index in [4.69, 9.17) is 4.74 Å². The second-order valence-corrected chi connectivity index (χ2v) is 9.12. The molecule has 0 atom stereocenters. The van der Waals surface area contributed by atoms with E-state index < -0.39 is 0 Å². The number of hydrogen-bond acceptors (Lipinski definition) is 6. The van der Waals surface area contributed by atoms with Gasteiger partial charge < -0.3 is 19.9 Å². The van der Waals surface area contributed by atoms with E-state index in [1.165, 1.54) is 6.42 Å². The number of H-pyrrole nitrogens is 1. The fourth-order valence-electron chi connectivity index (χ4n) is 5.01. The van der Waals surface area contributed by atoms with Crippen molar-refractivity contribution in [2.24, 2.45) is 7.05 Å². The predicted molar refractivity (Wildman–Crippen MR) is 130 cm³/mol. The number of para-hydroxylation sites is 2. The molecule has 2 fully saturated rings. The van der Waals surface area contributed by atoms with Crippen molar-refractivity contribution < 1.29 is 9.53 Å². The molecule has 174 valence electrons. The van der Waals surface area contributed by atoms with E-state index in [2.05, 4.69) is 30.3 Å². The Labute approximate surface area is 197 Å². The summed E-state index contributed by atoms with van der Waals surface area (Å²) in [6.45, 7) is 2.74. The Morgan fingerprint density at radius 3 is 2.74 bits per heavy atom. The molecule has 9 nitrogen and oxygen atoms in total. The van der Waals surface area contributed by atoms with Crippen molar-refractivity contribution in [3.8, 4) is 11.5 Å². The molecule has 9 heteroatoms. The van der Waals surface area contributed by atoms with Gasteiger partial charge >= 0.3 is 0 Å². The van der Waals surface area contributed by atoms with Crippen LogP contribution in [0.4, 0.5) is 11.6 Å². The Kier molecular flexibility index (Phi) is 5.06. The first-order valence-corrected chi connectivity index (χ1v) is 11.7. The Bertz CT molecular complexity index is 1290. The van der Waals surface area contributed by atoms with Gasteiger partial charge in [0.1, 0.15) is 11.5 Å². The molecule has 2 aliphatic heterocycles. The van der Waals surface area contributed by atoms with Gasteiger partial charge in [-0.1, -0.05) is 12.1 Å². The monoisotopic (exact) mass is 457 g/mol. The summed E-state index contributed by atoms with van der Waals surface area (Å²) in [6, 6.07) is 13.4. The fraction of sp³-hybridized carbons (Fsp3) is 0.360. The zero-order valence-electron chi connectivity index (χ0n) is 19.1. The number of nitrogens with one attached hydrogen (secondary N) is 2. The van der Waals surface area contributed by atoms with Gasteiger partial charge in [0.25, 0.3) is 5.91 Å². The van der Waals surface area contributed by atoms with E-state index in [0.29, 0.717) is 17.2 Å². The van der Waals surface area contributed by atoms with Gasteiger partial charge in [-0.25, -0.2) is 9.97 Å². The average molecular weight is 458 g/mol. The maximum atomic E-state index is 12.8. The molecule has 4 aromatic rings. The quantitative estimate of drug-likeness (QED) is 0.484. The number of pyridine rings is 1. The van der Waals surface area contributed by atoms with Gasteiger partial charge in [0, 0.05) is 39.0 Å². The number of fused-ring (bicyclic) bond motifs is 1. The second kappa shape index (κ2) is 8.25. The summed E-state index contributed by atoms with van der Waals surface area (Å²) in [6.07, 6.45) is 6.02. The van der Waals surface area contributed by atoms with Crippen molar-refractivity contribution in [1.29, 1.82) is 0 Å². The molecule has 2 aliphatic rings. The van der Waals surface area contributed by atoms with Crippen LogP contribution < -0.4 is 10.2 Å². The number of imidazole rings is 1. The Hall–Kier alpha value is -3.72. The van der Waals surface area contributed by atoms with Crippen LogP contribution in [0.1, 0.15) is 36.0 Å². The van der Waals surface area contributed by atoms with Crippen molar-refractivity contribution in [3.05, 3.63) is 54.2 Å². The van der Waals surface area contributed by atoms with E-state index in [0.717, 1.165) is 61.5 Å². The smallest absolute Gasteiger partial charge is 0.258 e. The van der Waals surface area contributed by atoms with E-state index in [1.54, 1.807) is 10.9 Å². The first kappa shape index (κ1) is 20.9. The molecule has 0 aliphatic carbocycles. The van der Waals surface area contributed by atoms with Crippen LogP contribution in [0.3, 0.4) is 0 Å². The van der Waals surface area contributed by atoms with Gasteiger partial charge in [-0.2, -0.15) is 5.10 Å². The minimum Gasteiger partial charge on any atom is -0.375 e. The van der Waals surface area contributed by atoms with Crippen LogP contribution in [0, 0.1) is 0 Å². The van der Waals surface area contributed by atoms with Gasteiger partial charge in [0.15, 0.2) is 11.6 Å². The molecule has 0 saturated carbocycles. The number of piperidine rings is 1. The molecule has 0 unspecified atom stereocenters. The largest absolute Gasteiger partial charge is 0.375 e. The Morgan fingerprint density at radius 2 is 2.00 bits per heavy atom. The topological polar surface area (TPSA) is 101 Å². The lowest BCUT2D eigenvalue weighted by Gasteiger charge is -2.39. The first-order valence-electron chi connectivity index (χ1n) is 11.7. The number of nitrogens with zero attached hydrogens (tertiary/aromatic N) is 5. The summed E-state index contributed by atoms with van der Waals surface area (Å²) < 4.78 is 7.71. The van der Waals surface area contributed by atoms with Crippen LogP contribution in [-0.2, 0) is 11.8 Å². The van der Waals surface area contributed by atoms with E-state index >= 15 is 0 Å². The van der Waals surface area contributed by atoms with Crippen molar-refractivity contribution in [2.75, 3.05) is 29.9 Å². The highest BCUT2D eigenvalue weighted by molar-refractivity contribution is 6.03. The molecule has 6 rings (SSSR count). The van der Waals surface area contributed by atoms with Crippen LogP contribution in [0.15, 0.2) is 48.7 Å². The Morgan fingerprint density at radius 1 is 1.15 bits per heavy atom. The molecule has 34 heavy (non-hydrogen) atoms. The molecule has 1 amide bonds. The van der Waals surface area contributed by atoms with Gasteiger partial charge in [0.05, 0.1) is 22.2 Å². The van der Waals surface area contributed by atoms with Crippen LogP contribution in [-0.4, -0.2) is 55.9 Å². The van der Waals surface area contributed by atoms with Gasteiger partial charge in [-0.15, -0.1) is 0 Å². The number of aryl methyl sites for hydroxylation is 1. The molecule has 2 saturated heterocycles. The highest BCUT2D eigenvalue weighted by atomic mass is 16.5. The third-order valence-electron chi connectivity index (χ3n) is 6.95. The lowest BCUT2D eigenvalue weighted by atomic mass is 9.89. The number of carbonyl (C=O) groups excluding carboxylic acids is 1. The van der Waals surface area contributed by atoms with Crippen LogP contribution in [0.25, 0.3) is 22.6 Å². The van der Waals surface area contributed by atoms with Gasteiger partial charge in [-0.05, 0) is 49.9 Å². The molecule has 3 aromatic heterocycles. The molecule has 2 N–H and O–H groups in total. The third kappa shape index (κ3) is 3.81. The number of amides is 1. The summed E-state index contributed by atoms with van der Waals surface area (Å²) in [7, 11) is 1.83. The van der Waals surface area contributed by atoms with Crippen molar-refractivity contribution in [1.82, 2.24) is 24.7 Å². The van der Waals surface area contributed by atoms with Crippen LogP contribution in [0.5, 0.6) is 0 Å². The first-order chi connectivity index (χ1) is 16.6.